The van der Waals surface area contributed by atoms with Crippen LogP contribution in [0.15, 0.2) is 66.7 Å². The summed E-state index contributed by atoms with van der Waals surface area (Å²) >= 11 is 0. The molecule has 0 saturated heterocycles. The Balaban J connectivity index is 1.37. The number of para-hydroxylation sites is 1. The maximum atomic E-state index is 12.2. The first-order chi connectivity index (χ1) is 15.1. The summed E-state index contributed by atoms with van der Waals surface area (Å²) < 4.78 is 10.9. The van der Waals surface area contributed by atoms with Gasteiger partial charge in [-0.05, 0) is 30.0 Å². The van der Waals surface area contributed by atoms with Crippen LogP contribution in [-0.2, 0) is 16.1 Å². The number of hydrogen-bond donors (Lipinski definition) is 2. The fraction of sp³-hybridized carbons (Fsp3) is 0.130. The minimum atomic E-state index is -0.541. The van der Waals surface area contributed by atoms with Gasteiger partial charge in [0.2, 0.25) is 11.9 Å². The first-order valence-corrected chi connectivity index (χ1v) is 9.68. The first kappa shape index (κ1) is 20.1. The van der Waals surface area contributed by atoms with Gasteiger partial charge < -0.3 is 20.5 Å². The van der Waals surface area contributed by atoms with Crippen LogP contribution in [0.4, 0.5) is 17.6 Å². The summed E-state index contributed by atoms with van der Waals surface area (Å²) in [7, 11) is 0. The third kappa shape index (κ3) is 5.05. The van der Waals surface area contributed by atoms with Crippen molar-refractivity contribution >= 4 is 34.3 Å². The van der Waals surface area contributed by atoms with E-state index in [0.717, 1.165) is 22.0 Å². The molecule has 0 aliphatic heterocycles. The number of nitrogens with zero attached hydrogens (tertiary/aromatic N) is 3. The molecule has 4 aromatic rings. The van der Waals surface area contributed by atoms with Crippen molar-refractivity contribution in [1.82, 2.24) is 15.0 Å². The van der Waals surface area contributed by atoms with Gasteiger partial charge in [0.25, 0.3) is 0 Å². The SMILES string of the molecule is Cc1ccccc1Nc1nc(N)nc(COC(=O)COc2cccc3ccccc23)n1. The predicted molar refractivity (Wildman–Crippen MR) is 118 cm³/mol. The number of fused-ring (bicyclic) bond motifs is 1. The highest BCUT2D eigenvalue weighted by molar-refractivity contribution is 5.88. The molecule has 8 heteroatoms. The molecule has 31 heavy (non-hydrogen) atoms. The van der Waals surface area contributed by atoms with Crippen molar-refractivity contribution in [2.75, 3.05) is 17.7 Å². The molecule has 0 bridgehead atoms. The number of anilines is 3. The van der Waals surface area contributed by atoms with Gasteiger partial charge in [0, 0.05) is 11.1 Å². The molecule has 0 unspecified atom stereocenters. The van der Waals surface area contributed by atoms with Gasteiger partial charge in [-0.3, -0.25) is 0 Å². The number of nitrogens with two attached hydrogens (primary N) is 1. The molecular formula is C23H21N5O3. The molecule has 0 aliphatic carbocycles. The first-order valence-electron chi connectivity index (χ1n) is 9.68. The highest BCUT2D eigenvalue weighted by Gasteiger charge is 2.11. The zero-order chi connectivity index (χ0) is 21.6. The Morgan fingerprint density at radius 2 is 1.74 bits per heavy atom. The van der Waals surface area contributed by atoms with E-state index in [9.17, 15) is 4.79 Å². The summed E-state index contributed by atoms with van der Waals surface area (Å²) in [5.41, 5.74) is 7.65. The van der Waals surface area contributed by atoms with Crippen molar-refractivity contribution in [3.8, 4) is 5.75 Å². The molecule has 0 atom stereocenters. The van der Waals surface area contributed by atoms with E-state index >= 15 is 0 Å². The molecule has 3 aromatic carbocycles. The monoisotopic (exact) mass is 415 g/mol. The standard InChI is InChI=1S/C23H21N5O3/c1-15-7-2-5-11-18(15)25-23-27-20(26-22(24)28-23)13-31-21(29)14-30-19-12-6-9-16-8-3-4-10-17(16)19/h2-12H,13-14H2,1H3,(H3,24,25,26,27,28). The van der Waals surface area contributed by atoms with E-state index in [1.54, 1.807) is 0 Å². The molecule has 0 amide bonds. The maximum absolute atomic E-state index is 12.2. The number of aryl methyl sites for hydroxylation is 1. The predicted octanol–water partition coefficient (Wildman–Crippen LogP) is 3.78. The summed E-state index contributed by atoms with van der Waals surface area (Å²) in [5, 5.41) is 5.05. The fourth-order valence-electron chi connectivity index (χ4n) is 3.04. The molecule has 1 aromatic heterocycles. The van der Waals surface area contributed by atoms with Crippen molar-refractivity contribution in [2.45, 2.75) is 13.5 Å². The van der Waals surface area contributed by atoms with Crippen LogP contribution in [0.5, 0.6) is 5.75 Å². The molecule has 4 rings (SSSR count). The molecular weight excluding hydrogens is 394 g/mol. The average molecular weight is 415 g/mol. The number of rotatable bonds is 7. The van der Waals surface area contributed by atoms with Crippen LogP contribution in [-0.4, -0.2) is 27.5 Å². The Morgan fingerprint density at radius 3 is 2.61 bits per heavy atom. The topological polar surface area (TPSA) is 112 Å². The van der Waals surface area contributed by atoms with Crippen LogP contribution in [0.2, 0.25) is 0 Å². The van der Waals surface area contributed by atoms with Crippen LogP contribution < -0.4 is 15.8 Å². The Morgan fingerprint density at radius 1 is 0.968 bits per heavy atom. The molecule has 1 heterocycles. The molecule has 156 valence electrons. The van der Waals surface area contributed by atoms with Gasteiger partial charge in [-0.25, -0.2) is 4.79 Å². The van der Waals surface area contributed by atoms with E-state index in [-0.39, 0.29) is 30.9 Å². The van der Waals surface area contributed by atoms with Gasteiger partial charge in [-0.1, -0.05) is 54.6 Å². The lowest BCUT2D eigenvalue weighted by Crippen LogP contribution is -2.16. The normalized spacial score (nSPS) is 10.6. The van der Waals surface area contributed by atoms with Gasteiger partial charge in [-0.15, -0.1) is 0 Å². The summed E-state index contributed by atoms with van der Waals surface area (Å²) in [6.07, 6.45) is 0. The highest BCUT2D eigenvalue weighted by atomic mass is 16.6. The zero-order valence-electron chi connectivity index (χ0n) is 16.9. The second kappa shape index (κ2) is 9.08. The lowest BCUT2D eigenvalue weighted by atomic mass is 10.1. The number of aromatic nitrogens is 3. The molecule has 0 aliphatic rings. The summed E-state index contributed by atoms with van der Waals surface area (Å²) in [5.74, 6) is 0.621. The van der Waals surface area contributed by atoms with Gasteiger partial charge in [0.05, 0.1) is 0 Å². The van der Waals surface area contributed by atoms with Crippen molar-refractivity contribution in [2.24, 2.45) is 0 Å². The largest absolute Gasteiger partial charge is 0.481 e. The van der Waals surface area contributed by atoms with E-state index in [1.165, 1.54) is 0 Å². The number of ether oxygens (including phenoxy) is 2. The molecule has 8 nitrogen and oxygen atoms in total. The molecule has 3 N–H and O–H groups in total. The summed E-state index contributed by atoms with van der Waals surface area (Å²) in [6.45, 7) is 1.58. The van der Waals surface area contributed by atoms with E-state index < -0.39 is 5.97 Å². The number of carbonyl (C=O) groups excluding carboxylic acids is 1. The number of nitrogens with one attached hydrogen (secondary N) is 1. The minimum absolute atomic E-state index is 0.0316. The van der Waals surface area contributed by atoms with Crippen molar-refractivity contribution in [3.63, 3.8) is 0 Å². The highest BCUT2D eigenvalue weighted by Crippen LogP contribution is 2.25. The Bertz CT molecular complexity index is 1220. The quantitative estimate of drug-likeness (QED) is 0.439. The second-order valence-electron chi connectivity index (χ2n) is 6.80. The average Bonchev–Trinajstić information content (AvgIpc) is 2.77. The Kier molecular flexibility index (Phi) is 5.89. The van der Waals surface area contributed by atoms with Crippen LogP contribution in [0, 0.1) is 6.92 Å². The van der Waals surface area contributed by atoms with E-state index in [2.05, 4.69) is 20.3 Å². The lowest BCUT2D eigenvalue weighted by molar-refractivity contribution is -0.147. The van der Waals surface area contributed by atoms with E-state index in [0.29, 0.717) is 5.75 Å². The van der Waals surface area contributed by atoms with Crippen LogP contribution in [0.25, 0.3) is 10.8 Å². The van der Waals surface area contributed by atoms with Crippen molar-refractivity contribution in [1.29, 1.82) is 0 Å². The number of hydrogen-bond acceptors (Lipinski definition) is 8. The van der Waals surface area contributed by atoms with Crippen molar-refractivity contribution in [3.05, 3.63) is 78.1 Å². The minimum Gasteiger partial charge on any atom is -0.481 e. The Hall–Kier alpha value is -4.20. The molecule has 0 saturated carbocycles. The molecule has 0 spiro atoms. The molecule has 0 fully saturated rings. The smallest absolute Gasteiger partial charge is 0.344 e. The zero-order valence-corrected chi connectivity index (χ0v) is 16.9. The third-order valence-corrected chi connectivity index (χ3v) is 4.55. The number of carbonyl (C=O) groups is 1. The molecule has 0 radical (unpaired) electrons. The van der Waals surface area contributed by atoms with Crippen LogP contribution >= 0.6 is 0 Å². The van der Waals surface area contributed by atoms with Crippen LogP contribution in [0.1, 0.15) is 11.4 Å². The maximum Gasteiger partial charge on any atom is 0.344 e. The van der Waals surface area contributed by atoms with Crippen molar-refractivity contribution < 1.29 is 14.3 Å². The number of benzene rings is 3. The lowest BCUT2D eigenvalue weighted by Gasteiger charge is -2.10. The fourth-order valence-corrected chi connectivity index (χ4v) is 3.04. The van der Waals surface area contributed by atoms with Gasteiger partial charge in [0.1, 0.15) is 5.75 Å². The van der Waals surface area contributed by atoms with E-state index in [4.69, 9.17) is 15.2 Å². The van der Waals surface area contributed by atoms with Gasteiger partial charge in [-0.2, -0.15) is 15.0 Å². The number of nitrogen functional groups attached to an aromatic ring is 1. The van der Waals surface area contributed by atoms with Gasteiger partial charge >= 0.3 is 5.97 Å². The van der Waals surface area contributed by atoms with Gasteiger partial charge in [0.15, 0.2) is 19.0 Å². The third-order valence-electron chi connectivity index (χ3n) is 4.55. The Labute approximate surface area is 179 Å². The second-order valence-corrected chi connectivity index (χ2v) is 6.80. The summed E-state index contributed by atoms with van der Waals surface area (Å²) in [4.78, 5) is 24.5. The van der Waals surface area contributed by atoms with E-state index in [1.807, 2.05) is 73.7 Å². The van der Waals surface area contributed by atoms with Crippen LogP contribution in [0.3, 0.4) is 0 Å². The summed E-state index contributed by atoms with van der Waals surface area (Å²) in [6, 6.07) is 21.2. The number of esters is 1.